The van der Waals surface area contributed by atoms with Crippen LogP contribution in [-0.4, -0.2) is 43.8 Å². The normalized spacial score (nSPS) is 19.6. The van der Waals surface area contributed by atoms with E-state index in [-0.39, 0.29) is 17.2 Å². The van der Waals surface area contributed by atoms with E-state index < -0.39 is 15.8 Å². The monoisotopic (exact) mass is 284 g/mol. The summed E-state index contributed by atoms with van der Waals surface area (Å²) in [6.07, 6.45) is 3.55. The highest BCUT2D eigenvalue weighted by molar-refractivity contribution is 7.90. The molecule has 0 aliphatic carbocycles. The number of hydrogen-bond donors (Lipinski definition) is 1. The van der Waals surface area contributed by atoms with Gasteiger partial charge in [-0.25, -0.2) is 13.4 Å². The number of hydrogen-bond acceptors (Lipinski definition) is 5. The summed E-state index contributed by atoms with van der Waals surface area (Å²) in [6.45, 7) is 1.17. The summed E-state index contributed by atoms with van der Waals surface area (Å²) in [7, 11) is -3.33. The Labute approximate surface area is 112 Å². The number of nitrogens with zero attached hydrogens (tertiary/aromatic N) is 2. The predicted octanol–water partition coefficient (Wildman–Crippen LogP) is 0.786. The summed E-state index contributed by atoms with van der Waals surface area (Å²) < 4.78 is 23.4. The fraction of sp³-hybridized carbons (Fsp3) is 0.500. The molecule has 19 heavy (non-hydrogen) atoms. The molecular weight excluding hydrogens is 268 g/mol. The van der Waals surface area contributed by atoms with Gasteiger partial charge >= 0.3 is 5.97 Å². The number of aliphatic carboxylic acids is 1. The zero-order valence-corrected chi connectivity index (χ0v) is 11.4. The van der Waals surface area contributed by atoms with Crippen LogP contribution in [0.1, 0.15) is 12.8 Å². The lowest BCUT2D eigenvalue weighted by molar-refractivity contribution is -0.137. The van der Waals surface area contributed by atoms with E-state index in [1.165, 1.54) is 6.07 Å². The summed E-state index contributed by atoms with van der Waals surface area (Å²) >= 11 is 0. The fourth-order valence-electron chi connectivity index (χ4n) is 2.35. The number of carboxylic acid groups (broad SMARTS) is 1. The van der Waals surface area contributed by atoms with Crippen LogP contribution in [0.5, 0.6) is 0 Å². The van der Waals surface area contributed by atoms with Crippen LogP contribution in [0.4, 0.5) is 5.82 Å². The summed E-state index contributed by atoms with van der Waals surface area (Å²) in [5.74, 6) is -0.346. The maximum atomic E-state index is 11.7. The largest absolute Gasteiger partial charge is 0.481 e. The van der Waals surface area contributed by atoms with Crippen LogP contribution in [0.15, 0.2) is 23.2 Å². The van der Waals surface area contributed by atoms with Crippen LogP contribution in [0, 0.1) is 5.92 Å². The zero-order valence-electron chi connectivity index (χ0n) is 10.6. The molecule has 0 amide bonds. The molecule has 0 radical (unpaired) electrons. The maximum Gasteiger partial charge on any atom is 0.303 e. The minimum atomic E-state index is -3.33. The third-order valence-electron chi connectivity index (χ3n) is 3.20. The summed E-state index contributed by atoms with van der Waals surface area (Å²) in [4.78, 5) is 16.9. The highest BCUT2D eigenvalue weighted by Crippen LogP contribution is 2.28. The fourth-order valence-corrected chi connectivity index (χ4v) is 3.19. The molecule has 2 heterocycles. The quantitative estimate of drug-likeness (QED) is 0.879. The molecule has 1 N–H and O–H groups in total. The molecule has 1 aromatic heterocycles. The van der Waals surface area contributed by atoms with Crippen molar-refractivity contribution in [2.24, 2.45) is 5.92 Å². The number of sulfone groups is 1. The molecule has 1 aliphatic heterocycles. The molecule has 1 atom stereocenters. The van der Waals surface area contributed by atoms with Crippen LogP contribution in [0.25, 0.3) is 0 Å². The van der Waals surface area contributed by atoms with E-state index in [0.29, 0.717) is 18.9 Å². The molecule has 1 fully saturated rings. The number of carboxylic acids is 1. The van der Waals surface area contributed by atoms with Crippen molar-refractivity contribution in [3.8, 4) is 0 Å². The van der Waals surface area contributed by atoms with Crippen LogP contribution in [0.2, 0.25) is 0 Å². The molecule has 7 heteroatoms. The van der Waals surface area contributed by atoms with Gasteiger partial charge in [-0.2, -0.15) is 0 Å². The minimum Gasteiger partial charge on any atom is -0.481 e. The van der Waals surface area contributed by atoms with Crippen LogP contribution >= 0.6 is 0 Å². The van der Waals surface area contributed by atoms with Crippen LogP contribution in [0.3, 0.4) is 0 Å². The third kappa shape index (κ3) is 3.23. The van der Waals surface area contributed by atoms with Gasteiger partial charge in [0.05, 0.1) is 0 Å². The number of carbonyl (C=O) groups is 1. The molecule has 0 saturated carbocycles. The van der Waals surface area contributed by atoms with Crippen molar-refractivity contribution in [2.75, 3.05) is 24.2 Å². The van der Waals surface area contributed by atoms with E-state index in [2.05, 4.69) is 4.98 Å². The SMILES string of the molecule is CS(=O)(=O)c1cccnc1N1CCC(CC(=O)O)C1. The first kappa shape index (κ1) is 13.8. The highest BCUT2D eigenvalue weighted by Gasteiger charge is 2.28. The summed E-state index contributed by atoms with van der Waals surface area (Å²) in [5.41, 5.74) is 0. The Morgan fingerprint density at radius 1 is 1.58 bits per heavy atom. The average Bonchev–Trinajstić information content (AvgIpc) is 2.75. The van der Waals surface area contributed by atoms with Gasteiger partial charge in [0, 0.05) is 32.0 Å². The lowest BCUT2D eigenvalue weighted by Gasteiger charge is -2.19. The topological polar surface area (TPSA) is 87.6 Å². The Hall–Kier alpha value is -1.63. The average molecular weight is 284 g/mol. The predicted molar refractivity (Wildman–Crippen MR) is 69.9 cm³/mol. The maximum absolute atomic E-state index is 11.7. The smallest absolute Gasteiger partial charge is 0.303 e. The Balaban J connectivity index is 2.23. The Morgan fingerprint density at radius 2 is 2.32 bits per heavy atom. The Kier molecular flexibility index (Phi) is 3.75. The van der Waals surface area contributed by atoms with Crippen LogP contribution < -0.4 is 4.90 Å². The van der Waals surface area contributed by atoms with Gasteiger partial charge in [-0.05, 0) is 24.5 Å². The van der Waals surface area contributed by atoms with Gasteiger partial charge in [-0.3, -0.25) is 4.79 Å². The van der Waals surface area contributed by atoms with Crippen molar-refractivity contribution in [1.29, 1.82) is 0 Å². The molecule has 1 aromatic rings. The molecular formula is C12H16N2O4S. The standard InChI is InChI=1S/C12H16N2O4S/c1-19(17,18)10-3-2-5-13-12(10)14-6-4-9(8-14)7-11(15)16/h2-3,5,9H,4,6-8H2,1H3,(H,15,16). The summed E-state index contributed by atoms with van der Waals surface area (Å²) in [5, 5.41) is 8.78. The van der Waals surface area contributed by atoms with E-state index in [1.807, 2.05) is 4.90 Å². The van der Waals surface area contributed by atoms with Gasteiger partial charge in [0.2, 0.25) is 0 Å². The Morgan fingerprint density at radius 3 is 2.95 bits per heavy atom. The molecule has 1 saturated heterocycles. The third-order valence-corrected chi connectivity index (χ3v) is 4.32. The van der Waals surface area contributed by atoms with Crippen molar-refractivity contribution in [3.63, 3.8) is 0 Å². The molecule has 0 aromatic carbocycles. The van der Waals surface area contributed by atoms with Crippen molar-refractivity contribution in [3.05, 3.63) is 18.3 Å². The number of pyridine rings is 1. The number of rotatable bonds is 4. The van der Waals surface area contributed by atoms with Crippen molar-refractivity contribution < 1.29 is 18.3 Å². The highest BCUT2D eigenvalue weighted by atomic mass is 32.2. The Bertz CT molecular complexity index is 585. The number of anilines is 1. The molecule has 104 valence electrons. The lowest BCUT2D eigenvalue weighted by atomic mass is 10.1. The molecule has 1 aliphatic rings. The molecule has 6 nitrogen and oxygen atoms in total. The first-order valence-corrected chi connectivity index (χ1v) is 7.89. The second-order valence-electron chi connectivity index (χ2n) is 4.80. The number of aromatic nitrogens is 1. The molecule has 0 bridgehead atoms. The van der Waals surface area contributed by atoms with Gasteiger partial charge < -0.3 is 10.0 Å². The first-order chi connectivity index (χ1) is 8.88. The van der Waals surface area contributed by atoms with E-state index >= 15 is 0 Å². The van der Waals surface area contributed by atoms with Gasteiger partial charge in [0.1, 0.15) is 10.7 Å². The molecule has 0 spiro atoms. The molecule has 1 unspecified atom stereocenters. The second-order valence-corrected chi connectivity index (χ2v) is 6.78. The van der Waals surface area contributed by atoms with E-state index in [9.17, 15) is 13.2 Å². The van der Waals surface area contributed by atoms with Crippen molar-refractivity contribution in [1.82, 2.24) is 4.98 Å². The summed E-state index contributed by atoms with van der Waals surface area (Å²) in [6, 6.07) is 3.12. The lowest BCUT2D eigenvalue weighted by Crippen LogP contribution is -2.23. The molecule has 2 rings (SSSR count). The zero-order chi connectivity index (χ0) is 14.0. The second kappa shape index (κ2) is 5.16. The minimum absolute atomic E-state index is 0.0481. The first-order valence-electron chi connectivity index (χ1n) is 5.99. The van der Waals surface area contributed by atoms with Crippen molar-refractivity contribution >= 4 is 21.6 Å². The van der Waals surface area contributed by atoms with Gasteiger partial charge in [0.25, 0.3) is 0 Å². The van der Waals surface area contributed by atoms with Gasteiger partial charge in [-0.15, -0.1) is 0 Å². The van der Waals surface area contributed by atoms with E-state index in [0.717, 1.165) is 12.7 Å². The van der Waals surface area contributed by atoms with Crippen molar-refractivity contribution in [2.45, 2.75) is 17.7 Å². The van der Waals surface area contributed by atoms with Gasteiger partial charge in [0.15, 0.2) is 9.84 Å². The van der Waals surface area contributed by atoms with Crippen LogP contribution in [-0.2, 0) is 14.6 Å². The van der Waals surface area contributed by atoms with E-state index in [1.54, 1.807) is 12.3 Å². The van der Waals surface area contributed by atoms with Gasteiger partial charge in [-0.1, -0.05) is 0 Å². The van der Waals surface area contributed by atoms with E-state index in [4.69, 9.17) is 5.11 Å².